The van der Waals surface area contributed by atoms with Crippen LogP contribution in [0.5, 0.6) is 0 Å². The lowest BCUT2D eigenvalue weighted by molar-refractivity contribution is 0.292. The Morgan fingerprint density at radius 3 is 2.27 bits per heavy atom. The van der Waals surface area contributed by atoms with Gasteiger partial charge < -0.3 is 15.5 Å². The smallest absolute Gasteiger partial charge is 0.191 e. The maximum Gasteiger partial charge on any atom is 0.191 e. The Bertz CT molecular complexity index is 497. The lowest BCUT2D eigenvalue weighted by Gasteiger charge is -2.22. The molecule has 0 amide bonds. The summed E-state index contributed by atoms with van der Waals surface area (Å²) >= 11 is 0. The van der Waals surface area contributed by atoms with Crippen molar-refractivity contribution in [2.75, 3.05) is 33.2 Å². The van der Waals surface area contributed by atoms with Crippen LogP contribution < -0.4 is 10.6 Å². The average molecular weight is 474 g/mol. The van der Waals surface area contributed by atoms with E-state index in [9.17, 15) is 0 Å². The molecular formula is C21H39IN4. The Balaban J connectivity index is 0.00000625. The molecule has 4 nitrogen and oxygen atoms in total. The van der Waals surface area contributed by atoms with Gasteiger partial charge in [-0.05, 0) is 57.8 Å². The van der Waals surface area contributed by atoms with Crippen molar-refractivity contribution in [2.24, 2.45) is 4.99 Å². The predicted octanol–water partition coefficient (Wildman–Crippen LogP) is 4.39. The van der Waals surface area contributed by atoms with E-state index in [1.54, 1.807) is 0 Å². The van der Waals surface area contributed by atoms with Gasteiger partial charge in [0, 0.05) is 19.6 Å². The fourth-order valence-electron chi connectivity index (χ4n) is 2.92. The van der Waals surface area contributed by atoms with Crippen LogP contribution >= 0.6 is 24.0 Å². The number of halogens is 1. The number of nitrogens with zero attached hydrogens (tertiary/aromatic N) is 2. The molecule has 150 valence electrons. The first-order chi connectivity index (χ1) is 12.0. The van der Waals surface area contributed by atoms with Gasteiger partial charge in [-0.1, -0.05) is 50.6 Å². The van der Waals surface area contributed by atoms with Crippen LogP contribution in [0.15, 0.2) is 29.3 Å². The van der Waals surface area contributed by atoms with E-state index < -0.39 is 0 Å². The van der Waals surface area contributed by atoms with Gasteiger partial charge in [0.1, 0.15) is 0 Å². The van der Waals surface area contributed by atoms with Crippen LogP contribution in [0.25, 0.3) is 0 Å². The molecule has 0 spiro atoms. The van der Waals surface area contributed by atoms with Crippen molar-refractivity contribution in [3.8, 4) is 0 Å². The van der Waals surface area contributed by atoms with E-state index in [4.69, 9.17) is 0 Å². The van der Waals surface area contributed by atoms with E-state index in [1.807, 2.05) is 7.05 Å². The molecule has 0 aromatic heterocycles. The number of guanidine groups is 1. The van der Waals surface area contributed by atoms with E-state index >= 15 is 0 Å². The van der Waals surface area contributed by atoms with Gasteiger partial charge in [-0.2, -0.15) is 0 Å². The molecule has 2 atom stereocenters. The van der Waals surface area contributed by atoms with E-state index in [2.05, 4.69) is 79.4 Å². The van der Waals surface area contributed by atoms with E-state index in [0.29, 0.717) is 12.0 Å². The number of aryl methyl sites for hydroxylation is 1. The van der Waals surface area contributed by atoms with E-state index in [1.165, 1.54) is 24.1 Å². The molecule has 0 saturated carbocycles. The maximum absolute atomic E-state index is 4.37. The summed E-state index contributed by atoms with van der Waals surface area (Å²) in [5.74, 6) is 1.35. The monoisotopic (exact) mass is 474 g/mol. The minimum absolute atomic E-state index is 0. The first kappa shape index (κ1) is 25.2. The summed E-state index contributed by atoms with van der Waals surface area (Å²) < 4.78 is 0. The van der Waals surface area contributed by atoms with Crippen LogP contribution in [0, 0.1) is 6.92 Å². The molecule has 5 heteroatoms. The molecule has 0 bridgehead atoms. The highest BCUT2D eigenvalue weighted by molar-refractivity contribution is 14.0. The number of hydrogen-bond donors (Lipinski definition) is 2. The van der Waals surface area contributed by atoms with Crippen molar-refractivity contribution in [3.63, 3.8) is 0 Å². The summed E-state index contributed by atoms with van der Waals surface area (Å²) in [6, 6.07) is 9.21. The van der Waals surface area contributed by atoms with Crippen LogP contribution in [-0.2, 0) is 0 Å². The molecule has 0 aliphatic rings. The van der Waals surface area contributed by atoms with Gasteiger partial charge in [-0.25, -0.2) is 0 Å². The normalized spacial score (nSPS) is 13.9. The molecule has 1 aromatic rings. The third-order valence-corrected chi connectivity index (χ3v) is 4.83. The topological polar surface area (TPSA) is 39.7 Å². The Hall–Kier alpha value is -0.820. The van der Waals surface area contributed by atoms with Crippen molar-refractivity contribution in [3.05, 3.63) is 35.4 Å². The van der Waals surface area contributed by atoms with Gasteiger partial charge in [-0.3, -0.25) is 4.99 Å². The third-order valence-electron chi connectivity index (χ3n) is 4.83. The number of aliphatic imine (C=N–C) groups is 1. The van der Waals surface area contributed by atoms with Gasteiger partial charge in [-0.15, -0.1) is 24.0 Å². The standard InChI is InChI=1S/C21H38N4.HI/c1-7-25(8-2)15-9-10-19(5)24-21(22-6)23-16-18(4)20-13-11-17(3)12-14-20;/h11-14,18-19H,7-10,15-16H2,1-6H3,(H2,22,23,24);1H. The summed E-state index contributed by atoms with van der Waals surface area (Å²) in [7, 11) is 1.84. The summed E-state index contributed by atoms with van der Waals surface area (Å²) in [6.45, 7) is 15.4. The molecular weight excluding hydrogens is 435 g/mol. The van der Waals surface area contributed by atoms with Gasteiger partial charge in [0.05, 0.1) is 0 Å². The van der Waals surface area contributed by atoms with E-state index in [-0.39, 0.29) is 24.0 Å². The first-order valence-electron chi connectivity index (χ1n) is 9.76. The second-order valence-corrected chi connectivity index (χ2v) is 6.98. The summed E-state index contributed by atoms with van der Waals surface area (Å²) in [6.07, 6.45) is 2.37. The van der Waals surface area contributed by atoms with Gasteiger partial charge in [0.2, 0.25) is 0 Å². The second kappa shape index (κ2) is 14.3. The number of rotatable bonds is 10. The van der Waals surface area contributed by atoms with Gasteiger partial charge in [0.25, 0.3) is 0 Å². The van der Waals surface area contributed by atoms with E-state index in [0.717, 1.165) is 32.0 Å². The molecule has 0 fully saturated rings. The number of nitrogens with one attached hydrogen (secondary N) is 2. The third kappa shape index (κ3) is 9.76. The Labute approximate surface area is 178 Å². The molecule has 0 aliphatic heterocycles. The van der Waals surface area contributed by atoms with Crippen molar-refractivity contribution >= 4 is 29.9 Å². The van der Waals surface area contributed by atoms with Crippen LogP contribution in [0.2, 0.25) is 0 Å². The lowest BCUT2D eigenvalue weighted by atomic mass is 10.0. The molecule has 2 N–H and O–H groups in total. The molecule has 0 aliphatic carbocycles. The van der Waals surface area contributed by atoms with Crippen LogP contribution in [-0.4, -0.2) is 50.1 Å². The van der Waals surface area contributed by atoms with Crippen molar-refractivity contribution < 1.29 is 0 Å². The second-order valence-electron chi connectivity index (χ2n) is 6.98. The molecule has 0 radical (unpaired) electrons. The van der Waals surface area contributed by atoms with Crippen molar-refractivity contribution in [1.82, 2.24) is 15.5 Å². The highest BCUT2D eigenvalue weighted by Gasteiger charge is 2.09. The summed E-state index contributed by atoms with van der Waals surface area (Å²) in [5.41, 5.74) is 2.67. The first-order valence-corrected chi connectivity index (χ1v) is 9.76. The lowest BCUT2D eigenvalue weighted by Crippen LogP contribution is -2.43. The van der Waals surface area contributed by atoms with Crippen LogP contribution in [0.3, 0.4) is 0 Å². The largest absolute Gasteiger partial charge is 0.356 e. The van der Waals surface area contributed by atoms with Crippen LogP contribution in [0.1, 0.15) is 57.6 Å². The Kier molecular flexibility index (Phi) is 13.8. The zero-order valence-electron chi connectivity index (χ0n) is 17.5. The molecule has 1 aromatic carbocycles. The van der Waals surface area contributed by atoms with Crippen molar-refractivity contribution in [2.45, 2.75) is 59.4 Å². The highest BCUT2D eigenvalue weighted by Crippen LogP contribution is 2.14. The Morgan fingerprint density at radius 1 is 1.12 bits per heavy atom. The van der Waals surface area contributed by atoms with Gasteiger partial charge in [0.15, 0.2) is 5.96 Å². The quantitative estimate of drug-likeness (QED) is 0.300. The molecule has 1 rings (SSSR count). The Morgan fingerprint density at radius 2 is 1.73 bits per heavy atom. The molecule has 26 heavy (non-hydrogen) atoms. The maximum atomic E-state index is 4.37. The molecule has 2 unspecified atom stereocenters. The molecule has 0 saturated heterocycles. The van der Waals surface area contributed by atoms with Crippen LogP contribution in [0.4, 0.5) is 0 Å². The van der Waals surface area contributed by atoms with Crippen molar-refractivity contribution in [1.29, 1.82) is 0 Å². The number of hydrogen-bond acceptors (Lipinski definition) is 2. The number of benzene rings is 1. The highest BCUT2D eigenvalue weighted by atomic mass is 127. The summed E-state index contributed by atoms with van der Waals surface area (Å²) in [5, 5.41) is 6.98. The summed E-state index contributed by atoms with van der Waals surface area (Å²) in [4.78, 5) is 6.84. The average Bonchev–Trinajstić information content (AvgIpc) is 2.62. The minimum Gasteiger partial charge on any atom is -0.356 e. The molecule has 0 heterocycles. The fourth-order valence-corrected chi connectivity index (χ4v) is 2.92. The zero-order valence-corrected chi connectivity index (χ0v) is 19.8. The SMILES string of the molecule is CCN(CC)CCCC(C)NC(=NC)NCC(C)c1ccc(C)cc1.I. The van der Waals surface area contributed by atoms with Gasteiger partial charge >= 0.3 is 0 Å². The fraction of sp³-hybridized carbons (Fsp3) is 0.667. The minimum atomic E-state index is 0. The predicted molar refractivity (Wildman–Crippen MR) is 126 cm³/mol. The zero-order chi connectivity index (χ0) is 18.7.